The van der Waals surface area contributed by atoms with Crippen molar-refractivity contribution in [1.82, 2.24) is 4.90 Å². The lowest BCUT2D eigenvalue weighted by atomic mass is 10.00. The minimum absolute atomic E-state index is 0.198. The molecule has 0 unspecified atom stereocenters. The molecule has 1 rings (SSSR count). The van der Waals surface area contributed by atoms with Crippen LogP contribution in [0.25, 0.3) is 0 Å². The molecule has 1 fully saturated rings. The molecule has 6 heteroatoms. The highest BCUT2D eigenvalue weighted by Crippen LogP contribution is 2.16. The maximum Gasteiger partial charge on any atom is 0.417 e. The van der Waals surface area contributed by atoms with Crippen molar-refractivity contribution in [3.8, 4) is 0 Å². The predicted molar refractivity (Wildman–Crippen MR) is 62.7 cm³/mol. The van der Waals surface area contributed by atoms with E-state index in [1.807, 2.05) is 0 Å². The van der Waals surface area contributed by atoms with Crippen LogP contribution in [0.4, 0.5) is 4.79 Å². The van der Waals surface area contributed by atoms with Crippen molar-refractivity contribution in [1.29, 1.82) is 0 Å². The molecule has 0 radical (unpaired) electrons. The van der Waals surface area contributed by atoms with E-state index in [0.29, 0.717) is 19.0 Å². The molecule has 0 aromatic carbocycles. The molecule has 0 aromatic heterocycles. The van der Waals surface area contributed by atoms with Gasteiger partial charge in [0.25, 0.3) is 0 Å². The average Bonchev–Trinajstić information content (AvgIpc) is 2.29. The summed E-state index contributed by atoms with van der Waals surface area (Å²) in [4.78, 5) is 35.4. The molecule has 1 amide bonds. The molecular formula is C12H19NO5. The SMILES string of the molecule is CCOC(=O)CC(=O)OC(=O)N1CCC(C)CC1. The molecule has 0 spiro atoms. The van der Waals surface area contributed by atoms with E-state index in [1.54, 1.807) is 6.92 Å². The summed E-state index contributed by atoms with van der Waals surface area (Å²) in [5.74, 6) is -0.955. The van der Waals surface area contributed by atoms with Gasteiger partial charge in [-0.25, -0.2) is 4.79 Å². The van der Waals surface area contributed by atoms with Crippen LogP contribution in [0.15, 0.2) is 0 Å². The van der Waals surface area contributed by atoms with Gasteiger partial charge < -0.3 is 14.4 Å². The third kappa shape index (κ3) is 4.73. The highest BCUT2D eigenvalue weighted by Gasteiger charge is 2.24. The van der Waals surface area contributed by atoms with Crippen molar-refractivity contribution in [2.45, 2.75) is 33.1 Å². The Morgan fingerprint density at radius 2 is 1.78 bits per heavy atom. The molecule has 0 bridgehead atoms. The molecule has 1 heterocycles. The number of rotatable bonds is 3. The Morgan fingerprint density at radius 1 is 1.17 bits per heavy atom. The Balaban J connectivity index is 2.31. The van der Waals surface area contributed by atoms with E-state index < -0.39 is 24.5 Å². The standard InChI is InChI=1S/C12H19NO5/c1-3-17-10(14)8-11(15)18-12(16)13-6-4-9(2)5-7-13/h9H,3-8H2,1-2H3. The summed E-state index contributed by atoms with van der Waals surface area (Å²) in [6, 6.07) is 0. The number of hydrogen-bond donors (Lipinski definition) is 0. The van der Waals surface area contributed by atoms with E-state index in [2.05, 4.69) is 16.4 Å². The number of esters is 2. The van der Waals surface area contributed by atoms with Crippen molar-refractivity contribution < 1.29 is 23.9 Å². The second kappa shape index (κ2) is 6.98. The van der Waals surface area contributed by atoms with Crippen molar-refractivity contribution >= 4 is 18.0 Å². The van der Waals surface area contributed by atoms with Gasteiger partial charge in [-0.15, -0.1) is 0 Å². The van der Waals surface area contributed by atoms with Gasteiger partial charge in [0.1, 0.15) is 6.42 Å². The zero-order valence-electron chi connectivity index (χ0n) is 10.8. The zero-order valence-corrected chi connectivity index (χ0v) is 10.8. The Labute approximate surface area is 106 Å². The summed E-state index contributed by atoms with van der Waals surface area (Å²) in [7, 11) is 0. The van der Waals surface area contributed by atoms with Crippen LogP contribution in [-0.4, -0.2) is 42.6 Å². The summed E-state index contributed by atoms with van der Waals surface area (Å²) >= 11 is 0. The smallest absolute Gasteiger partial charge is 0.417 e. The van der Waals surface area contributed by atoms with Crippen LogP contribution in [0.2, 0.25) is 0 Å². The van der Waals surface area contributed by atoms with E-state index in [9.17, 15) is 14.4 Å². The monoisotopic (exact) mass is 257 g/mol. The van der Waals surface area contributed by atoms with Crippen molar-refractivity contribution in [3.05, 3.63) is 0 Å². The molecule has 6 nitrogen and oxygen atoms in total. The number of carbonyl (C=O) groups is 3. The van der Waals surface area contributed by atoms with Crippen molar-refractivity contribution in [2.75, 3.05) is 19.7 Å². The van der Waals surface area contributed by atoms with Gasteiger partial charge in [0, 0.05) is 13.1 Å². The normalized spacial score (nSPS) is 16.2. The lowest BCUT2D eigenvalue weighted by Crippen LogP contribution is -2.39. The molecule has 1 aliphatic rings. The fourth-order valence-electron chi connectivity index (χ4n) is 1.72. The van der Waals surface area contributed by atoms with E-state index in [0.717, 1.165) is 12.8 Å². The van der Waals surface area contributed by atoms with Gasteiger partial charge in [0.15, 0.2) is 0 Å². The fourth-order valence-corrected chi connectivity index (χ4v) is 1.72. The van der Waals surface area contributed by atoms with Gasteiger partial charge >= 0.3 is 18.0 Å². The fraction of sp³-hybridized carbons (Fsp3) is 0.750. The molecule has 1 aliphatic heterocycles. The molecule has 0 aliphatic carbocycles. The third-order valence-corrected chi connectivity index (χ3v) is 2.84. The first kappa shape index (κ1) is 14.5. The topological polar surface area (TPSA) is 72.9 Å². The summed E-state index contributed by atoms with van der Waals surface area (Å²) in [6.07, 6.45) is 0.614. The highest BCUT2D eigenvalue weighted by molar-refractivity contribution is 5.95. The van der Waals surface area contributed by atoms with E-state index in [4.69, 9.17) is 0 Å². The molecule has 0 aromatic rings. The highest BCUT2D eigenvalue weighted by atomic mass is 16.6. The summed E-state index contributed by atoms with van der Waals surface area (Å²) in [6.45, 7) is 5.14. The van der Waals surface area contributed by atoms with Gasteiger partial charge in [-0.1, -0.05) is 6.92 Å². The maximum atomic E-state index is 11.6. The molecule has 0 N–H and O–H groups in total. The predicted octanol–water partition coefficient (Wildman–Crippen LogP) is 1.33. The van der Waals surface area contributed by atoms with Gasteiger partial charge in [0.05, 0.1) is 6.61 Å². The van der Waals surface area contributed by atoms with Crippen LogP contribution in [0, 0.1) is 5.92 Å². The van der Waals surface area contributed by atoms with Crippen molar-refractivity contribution in [3.63, 3.8) is 0 Å². The lowest BCUT2D eigenvalue weighted by Gasteiger charge is -2.28. The number of hydrogen-bond acceptors (Lipinski definition) is 5. The Hall–Kier alpha value is -1.59. The average molecular weight is 257 g/mol. The quantitative estimate of drug-likeness (QED) is 0.563. The Bertz CT molecular complexity index is 320. The molecular weight excluding hydrogens is 238 g/mol. The van der Waals surface area contributed by atoms with Crippen LogP contribution in [0.5, 0.6) is 0 Å². The molecule has 1 saturated heterocycles. The van der Waals surface area contributed by atoms with Gasteiger partial charge in [-0.05, 0) is 25.7 Å². The second-order valence-electron chi connectivity index (χ2n) is 4.39. The Morgan fingerprint density at radius 3 is 2.33 bits per heavy atom. The first-order chi connectivity index (χ1) is 8.52. The summed E-state index contributed by atoms with van der Waals surface area (Å²) < 4.78 is 9.18. The van der Waals surface area contributed by atoms with Crippen LogP contribution < -0.4 is 0 Å². The number of nitrogens with zero attached hydrogens (tertiary/aromatic N) is 1. The molecule has 18 heavy (non-hydrogen) atoms. The number of amides is 1. The minimum atomic E-state index is -0.864. The summed E-state index contributed by atoms with van der Waals surface area (Å²) in [5, 5.41) is 0. The van der Waals surface area contributed by atoms with E-state index in [-0.39, 0.29) is 6.61 Å². The van der Waals surface area contributed by atoms with Gasteiger partial charge in [0.2, 0.25) is 0 Å². The summed E-state index contributed by atoms with van der Waals surface area (Å²) in [5.41, 5.74) is 0. The van der Waals surface area contributed by atoms with Crippen LogP contribution in [0.3, 0.4) is 0 Å². The molecule has 0 saturated carbocycles. The number of likely N-dealkylation sites (tertiary alicyclic amines) is 1. The number of ether oxygens (including phenoxy) is 2. The van der Waals surface area contributed by atoms with Crippen molar-refractivity contribution in [2.24, 2.45) is 5.92 Å². The maximum absolute atomic E-state index is 11.6. The van der Waals surface area contributed by atoms with Crippen LogP contribution in [-0.2, 0) is 19.1 Å². The van der Waals surface area contributed by atoms with Crippen LogP contribution in [0.1, 0.15) is 33.1 Å². The third-order valence-electron chi connectivity index (χ3n) is 2.84. The first-order valence-corrected chi connectivity index (χ1v) is 6.18. The minimum Gasteiger partial charge on any atom is -0.466 e. The van der Waals surface area contributed by atoms with E-state index in [1.165, 1.54) is 4.90 Å². The van der Waals surface area contributed by atoms with Gasteiger partial charge in [-0.3, -0.25) is 9.59 Å². The second-order valence-corrected chi connectivity index (χ2v) is 4.39. The Kier molecular flexibility index (Phi) is 5.61. The zero-order chi connectivity index (χ0) is 13.5. The first-order valence-electron chi connectivity index (χ1n) is 6.18. The largest absolute Gasteiger partial charge is 0.466 e. The molecule has 102 valence electrons. The lowest BCUT2D eigenvalue weighted by molar-refractivity contribution is -0.151. The number of piperidine rings is 1. The van der Waals surface area contributed by atoms with Crippen LogP contribution >= 0.6 is 0 Å². The molecule has 0 atom stereocenters. The number of carbonyl (C=O) groups excluding carboxylic acids is 3. The van der Waals surface area contributed by atoms with Gasteiger partial charge in [-0.2, -0.15) is 0 Å². The van der Waals surface area contributed by atoms with E-state index >= 15 is 0 Å².